The van der Waals surface area contributed by atoms with Crippen LogP contribution >= 0.6 is 0 Å². The van der Waals surface area contributed by atoms with E-state index in [1.165, 1.54) is 30.5 Å². The van der Waals surface area contributed by atoms with E-state index in [1.54, 1.807) is 0 Å². The second-order valence-electron chi connectivity index (χ2n) is 5.45. The molecule has 2 aliphatic rings. The van der Waals surface area contributed by atoms with E-state index >= 15 is 0 Å². The summed E-state index contributed by atoms with van der Waals surface area (Å²) >= 11 is 0. The van der Waals surface area contributed by atoms with Crippen LogP contribution in [-0.2, 0) is 0 Å². The summed E-state index contributed by atoms with van der Waals surface area (Å²) in [6, 6.07) is 6.52. The summed E-state index contributed by atoms with van der Waals surface area (Å²) in [5, 5.41) is 9.57. The second kappa shape index (κ2) is 3.41. The molecule has 1 aliphatic carbocycles. The first kappa shape index (κ1) is 10.0. The van der Waals surface area contributed by atoms with Gasteiger partial charge in [0.1, 0.15) is 5.75 Å². The minimum Gasteiger partial charge on any atom is -0.508 e. The van der Waals surface area contributed by atoms with Crippen molar-refractivity contribution in [1.82, 2.24) is 0 Å². The number of hydrogen-bond acceptors (Lipinski definition) is 2. The zero-order valence-electron chi connectivity index (χ0n) is 9.98. The minimum atomic E-state index is 0.386. The summed E-state index contributed by atoms with van der Waals surface area (Å²) in [7, 11) is 2.17. The lowest BCUT2D eigenvalue weighted by Crippen LogP contribution is -2.34. The standard InChI is InChI=1S/C14H19NO/c1-9-3-6-13-12(7-9)11-5-4-10(16)8-14(11)15(13)2/h4-5,8-9,12-13,16H,3,6-7H2,1-2H3. The first-order valence-electron chi connectivity index (χ1n) is 6.22. The Hall–Kier alpha value is -1.18. The van der Waals surface area contributed by atoms with Crippen LogP contribution in [0.15, 0.2) is 18.2 Å². The Morgan fingerprint density at radius 1 is 1.31 bits per heavy atom. The number of phenols is 1. The summed E-state index contributed by atoms with van der Waals surface area (Å²) in [5.74, 6) is 1.91. The molecule has 86 valence electrons. The number of likely N-dealkylation sites (N-methyl/N-ethyl adjacent to an activating group) is 1. The van der Waals surface area contributed by atoms with Crippen LogP contribution in [0, 0.1) is 5.92 Å². The van der Waals surface area contributed by atoms with Crippen molar-refractivity contribution in [3.63, 3.8) is 0 Å². The first-order chi connectivity index (χ1) is 7.66. The molecule has 1 aromatic rings. The van der Waals surface area contributed by atoms with Crippen LogP contribution < -0.4 is 4.90 Å². The van der Waals surface area contributed by atoms with Crippen LogP contribution in [0.4, 0.5) is 5.69 Å². The van der Waals surface area contributed by atoms with Gasteiger partial charge in [0.05, 0.1) is 0 Å². The van der Waals surface area contributed by atoms with Crippen LogP contribution in [0.5, 0.6) is 5.75 Å². The maximum Gasteiger partial charge on any atom is 0.117 e. The van der Waals surface area contributed by atoms with Crippen molar-refractivity contribution < 1.29 is 5.11 Å². The lowest BCUT2D eigenvalue weighted by molar-refractivity contribution is 0.314. The van der Waals surface area contributed by atoms with Crippen LogP contribution in [-0.4, -0.2) is 18.2 Å². The summed E-state index contributed by atoms with van der Waals surface area (Å²) in [5.41, 5.74) is 2.68. The summed E-state index contributed by atoms with van der Waals surface area (Å²) < 4.78 is 0. The SMILES string of the molecule is CC1CCC2C(C1)c1ccc(O)cc1N2C. The lowest BCUT2D eigenvalue weighted by Gasteiger charge is -2.33. The number of aromatic hydroxyl groups is 1. The molecule has 2 heteroatoms. The van der Waals surface area contributed by atoms with Gasteiger partial charge >= 0.3 is 0 Å². The Bertz CT molecular complexity index is 415. The van der Waals surface area contributed by atoms with Crippen LogP contribution in [0.3, 0.4) is 0 Å². The van der Waals surface area contributed by atoms with Crippen molar-refractivity contribution in [2.45, 2.75) is 38.1 Å². The van der Waals surface area contributed by atoms with Gasteiger partial charge in [-0.15, -0.1) is 0 Å². The average molecular weight is 217 g/mol. The third kappa shape index (κ3) is 1.32. The predicted molar refractivity (Wildman–Crippen MR) is 66.1 cm³/mol. The van der Waals surface area contributed by atoms with E-state index in [1.807, 2.05) is 12.1 Å². The van der Waals surface area contributed by atoms with E-state index in [0.29, 0.717) is 17.7 Å². The van der Waals surface area contributed by atoms with E-state index in [2.05, 4.69) is 24.9 Å². The van der Waals surface area contributed by atoms with Gasteiger partial charge in [-0.05, 0) is 36.8 Å². The van der Waals surface area contributed by atoms with Gasteiger partial charge in [-0.1, -0.05) is 13.0 Å². The van der Waals surface area contributed by atoms with Crippen molar-refractivity contribution >= 4 is 5.69 Å². The van der Waals surface area contributed by atoms with Gasteiger partial charge in [-0.2, -0.15) is 0 Å². The molecule has 16 heavy (non-hydrogen) atoms. The summed E-state index contributed by atoms with van der Waals surface area (Å²) in [4.78, 5) is 2.37. The Morgan fingerprint density at radius 3 is 2.94 bits per heavy atom. The van der Waals surface area contributed by atoms with E-state index in [4.69, 9.17) is 0 Å². The van der Waals surface area contributed by atoms with E-state index in [0.717, 1.165) is 5.92 Å². The third-order valence-corrected chi connectivity index (χ3v) is 4.37. The highest BCUT2D eigenvalue weighted by Crippen LogP contribution is 2.49. The van der Waals surface area contributed by atoms with Crippen molar-refractivity contribution in [1.29, 1.82) is 0 Å². The average Bonchev–Trinajstić information content (AvgIpc) is 2.52. The van der Waals surface area contributed by atoms with Crippen LogP contribution in [0.2, 0.25) is 0 Å². The van der Waals surface area contributed by atoms with Gasteiger partial charge < -0.3 is 10.0 Å². The van der Waals surface area contributed by atoms with Gasteiger partial charge in [-0.3, -0.25) is 0 Å². The molecular formula is C14H19NO. The van der Waals surface area contributed by atoms with Crippen molar-refractivity contribution in [2.24, 2.45) is 5.92 Å². The largest absolute Gasteiger partial charge is 0.508 e. The topological polar surface area (TPSA) is 23.5 Å². The molecule has 1 N–H and O–H groups in total. The van der Waals surface area contributed by atoms with Crippen molar-refractivity contribution in [3.8, 4) is 5.75 Å². The molecule has 2 nitrogen and oxygen atoms in total. The third-order valence-electron chi connectivity index (χ3n) is 4.37. The van der Waals surface area contributed by atoms with Gasteiger partial charge in [0.15, 0.2) is 0 Å². The molecule has 1 aromatic carbocycles. The van der Waals surface area contributed by atoms with Crippen molar-refractivity contribution in [3.05, 3.63) is 23.8 Å². The Balaban J connectivity index is 2.03. The highest BCUT2D eigenvalue weighted by Gasteiger charge is 2.39. The number of fused-ring (bicyclic) bond motifs is 3. The van der Waals surface area contributed by atoms with Crippen LogP contribution in [0.25, 0.3) is 0 Å². The first-order valence-corrected chi connectivity index (χ1v) is 6.22. The number of rotatable bonds is 0. The second-order valence-corrected chi connectivity index (χ2v) is 5.45. The Kier molecular flexibility index (Phi) is 2.13. The number of anilines is 1. The van der Waals surface area contributed by atoms with E-state index in [9.17, 15) is 5.11 Å². The molecule has 0 radical (unpaired) electrons. The molecule has 3 rings (SSSR count). The molecule has 1 fully saturated rings. The Labute approximate surface area is 96.9 Å². The molecule has 0 amide bonds. The quantitative estimate of drug-likeness (QED) is 0.721. The maximum absolute atomic E-state index is 9.57. The molecule has 0 saturated heterocycles. The maximum atomic E-state index is 9.57. The van der Waals surface area contributed by atoms with Gasteiger partial charge in [0, 0.05) is 30.8 Å². The normalized spacial score (nSPS) is 32.4. The van der Waals surface area contributed by atoms with Gasteiger partial charge in [0.2, 0.25) is 0 Å². The Morgan fingerprint density at radius 2 is 2.12 bits per heavy atom. The van der Waals surface area contributed by atoms with Gasteiger partial charge in [-0.25, -0.2) is 0 Å². The molecule has 1 heterocycles. The fourth-order valence-corrected chi connectivity index (χ4v) is 3.49. The monoisotopic (exact) mass is 217 g/mol. The molecule has 1 saturated carbocycles. The fraction of sp³-hybridized carbons (Fsp3) is 0.571. The van der Waals surface area contributed by atoms with Crippen molar-refractivity contribution in [2.75, 3.05) is 11.9 Å². The number of nitrogens with zero attached hydrogens (tertiary/aromatic N) is 1. The molecule has 1 aliphatic heterocycles. The van der Waals surface area contributed by atoms with E-state index in [-0.39, 0.29) is 0 Å². The fourth-order valence-electron chi connectivity index (χ4n) is 3.49. The summed E-state index contributed by atoms with van der Waals surface area (Å²) in [6.07, 6.45) is 3.93. The zero-order valence-corrected chi connectivity index (χ0v) is 9.98. The predicted octanol–water partition coefficient (Wildman–Crippen LogP) is 3.11. The summed E-state index contributed by atoms with van der Waals surface area (Å²) in [6.45, 7) is 2.36. The van der Waals surface area contributed by atoms with E-state index < -0.39 is 0 Å². The highest BCUT2D eigenvalue weighted by molar-refractivity contribution is 5.64. The number of phenolic OH excluding ortho intramolecular Hbond substituents is 1. The van der Waals surface area contributed by atoms with Crippen LogP contribution in [0.1, 0.15) is 37.7 Å². The molecule has 0 spiro atoms. The molecule has 0 aromatic heterocycles. The number of hydrogen-bond donors (Lipinski definition) is 1. The lowest BCUT2D eigenvalue weighted by atomic mass is 9.77. The minimum absolute atomic E-state index is 0.386. The number of benzene rings is 1. The zero-order chi connectivity index (χ0) is 11.3. The molecule has 3 unspecified atom stereocenters. The highest BCUT2D eigenvalue weighted by atomic mass is 16.3. The van der Waals surface area contributed by atoms with Gasteiger partial charge in [0.25, 0.3) is 0 Å². The molecule has 3 atom stereocenters. The molecular weight excluding hydrogens is 198 g/mol. The smallest absolute Gasteiger partial charge is 0.117 e. The molecule has 0 bridgehead atoms.